The summed E-state index contributed by atoms with van der Waals surface area (Å²) in [6.45, 7) is 1.06. The monoisotopic (exact) mass is 245 g/mol. The Balaban J connectivity index is 2.20. The van der Waals surface area contributed by atoms with E-state index in [1.807, 2.05) is 7.05 Å². The van der Waals surface area contributed by atoms with Gasteiger partial charge in [0.1, 0.15) is 0 Å². The van der Waals surface area contributed by atoms with Crippen molar-refractivity contribution in [2.75, 3.05) is 16.8 Å². The van der Waals surface area contributed by atoms with Crippen molar-refractivity contribution in [2.45, 2.75) is 18.9 Å². The summed E-state index contributed by atoms with van der Waals surface area (Å²) in [6, 6.07) is 0.546. The van der Waals surface area contributed by atoms with Crippen LogP contribution in [0.3, 0.4) is 0 Å². The summed E-state index contributed by atoms with van der Waals surface area (Å²) in [5.74, 6) is 0.877. The van der Waals surface area contributed by atoms with Crippen LogP contribution in [0.5, 0.6) is 0 Å². The Bertz CT molecular complexity index is 286. The van der Waals surface area contributed by atoms with Gasteiger partial charge in [0.15, 0.2) is 0 Å². The Morgan fingerprint density at radius 1 is 1.62 bits per heavy atom. The second-order valence-electron chi connectivity index (χ2n) is 3.25. The lowest BCUT2D eigenvalue weighted by atomic mass is 10.2. The molecule has 1 fully saturated rings. The number of aryl methyl sites for hydroxylation is 1. The molecule has 0 aliphatic carbocycles. The van der Waals surface area contributed by atoms with Crippen LogP contribution in [-0.4, -0.2) is 38.1 Å². The summed E-state index contributed by atoms with van der Waals surface area (Å²) in [6.07, 6.45) is 2.45. The van der Waals surface area contributed by atoms with Gasteiger partial charge in [-0.25, -0.2) is 4.68 Å². The first-order valence-electron chi connectivity index (χ1n) is 4.38. The Morgan fingerprint density at radius 2 is 2.46 bits per heavy atom. The average molecular weight is 246 g/mol. The van der Waals surface area contributed by atoms with E-state index in [1.54, 1.807) is 4.68 Å². The van der Waals surface area contributed by atoms with Gasteiger partial charge in [-0.2, -0.15) is 0 Å². The summed E-state index contributed by atoms with van der Waals surface area (Å²) >= 11 is 3.51. The second-order valence-corrected chi connectivity index (χ2v) is 3.89. The van der Waals surface area contributed by atoms with Crippen molar-refractivity contribution >= 4 is 21.9 Å². The highest BCUT2D eigenvalue weighted by atomic mass is 79.9. The number of tetrazole rings is 1. The van der Waals surface area contributed by atoms with Gasteiger partial charge in [0.25, 0.3) is 0 Å². The van der Waals surface area contributed by atoms with Crippen LogP contribution in [0.2, 0.25) is 0 Å². The fourth-order valence-corrected chi connectivity index (χ4v) is 2.40. The molecule has 1 aliphatic rings. The third kappa shape index (κ3) is 1.54. The normalized spacial score (nSPS) is 22.6. The molecule has 0 radical (unpaired) electrons. The van der Waals surface area contributed by atoms with Gasteiger partial charge < -0.3 is 4.90 Å². The van der Waals surface area contributed by atoms with Crippen LogP contribution in [0, 0.1) is 0 Å². The van der Waals surface area contributed by atoms with Gasteiger partial charge in [-0.1, -0.05) is 21.0 Å². The SMILES string of the molecule is Cn1nnnc1N1CCCC1CBr. The van der Waals surface area contributed by atoms with Gasteiger partial charge in [-0.15, -0.1) is 0 Å². The minimum Gasteiger partial charge on any atom is -0.336 e. The van der Waals surface area contributed by atoms with E-state index in [2.05, 4.69) is 36.4 Å². The highest BCUT2D eigenvalue weighted by Crippen LogP contribution is 2.23. The molecule has 0 aromatic carbocycles. The van der Waals surface area contributed by atoms with E-state index in [-0.39, 0.29) is 0 Å². The lowest BCUT2D eigenvalue weighted by Crippen LogP contribution is -2.32. The third-order valence-corrected chi connectivity index (χ3v) is 3.16. The molecular weight excluding hydrogens is 234 g/mol. The van der Waals surface area contributed by atoms with Gasteiger partial charge in [-0.05, 0) is 23.3 Å². The van der Waals surface area contributed by atoms with Crippen molar-refractivity contribution in [3.8, 4) is 0 Å². The predicted octanol–water partition coefficient (Wildman–Crippen LogP) is 0.574. The molecule has 13 heavy (non-hydrogen) atoms. The number of nitrogens with zero attached hydrogens (tertiary/aromatic N) is 5. The van der Waals surface area contributed by atoms with Gasteiger partial charge in [0.2, 0.25) is 5.95 Å². The van der Waals surface area contributed by atoms with Gasteiger partial charge in [-0.3, -0.25) is 0 Å². The molecule has 0 amide bonds. The van der Waals surface area contributed by atoms with Crippen LogP contribution in [-0.2, 0) is 7.05 Å². The van der Waals surface area contributed by atoms with E-state index < -0.39 is 0 Å². The largest absolute Gasteiger partial charge is 0.336 e. The summed E-state index contributed by atoms with van der Waals surface area (Å²) < 4.78 is 1.72. The molecule has 1 aromatic heterocycles. The molecule has 2 heterocycles. The van der Waals surface area contributed by atoms with Crippen LogP contribution in [0.25, 0.3) is 0 Å². The highest BCUT2D eigenvalue weighted by molar-refractivity contribution is 9.09. The van der Waals surface area contributed by atoms with E-state index in [0.717, 1.165) is 17.8 Å². The van der Waals surface area contributed by atoms with Crippen LogP contribution < -0.4 is 4.90 Å². The fourth-order valence-electron chi connectivity index (χ4n) is 1.73. The lowest BCUT2D eigenvalue weighted by Gasteiger charge is -2.22. The van der Waals surface area contributed by atoms with Crippen molar-refractivity contribution in [1.29, 1.82) is 0 Å². The molecule has 0 spiro atoms. The van der Waals surface area contributed by atoms with Crippen molar-refractivity contribution in [3.63, 3.8) is 0 Å². The first-order valence-corrected chi connectivity index (χ1v) is 5.50. The molecule has 1 aliphatic heterocycles. The van der Waals surface area contributed by atoms with E-state index in [1.165, 1.54) is 12.8 Å². The molecule has 1 atom stereocenters. The van der Waals surface area contributed by atoms with Gasteiger partial charge in [0, 0.05) is 25.0 Å². The average Bonchev–Trinajstić information content (AvgIpc) is 2.71. The molecule has 0 N–H and O–H groups in total. The maximum absolute atomic E-state index is 4.00. The van der Waals surface area contributed by atoms with E-state index in [9.17, 15) is 0 Å². The smallest absolute Gasteiger partial charge is 0.245 e. The number of hydrogen-bond acceptors (Lipinski definition) is 4. The quantitative estimate of drug-likeness (QED) is 0.716. The number of hydrogen-bond donors (Lipinski definition) is 0. The van der Waals surface area contributed by atoms with Crippen molar-refractivity contribution in [1.82, 2.24) is 20.2 Å². The molecule has 6 heteroatoms. The molecule has 1 aromatic rings. The molecule has 72 valence electrons. The van der Waals surface area contributed by atoms with E-state index in [0.29, 0.717) is 6.04 Å². The molecule has 1 unspecified atom stereocenters. The number of aromatic nitrogens is 4. The highest BCUT2D eigenvalue weighted by Gasteiger charge is 2.26. The van der Waals surface area contributed by atoms with Gasteiger partial charge >= 0.3 is 0 Å². The van der Waals surface area contributed by atoms with Crippen LogP contribution in [0.4, 0.5) is 5.95 Å². The molecule has 1 saturated heterocycles. The summed E-state index contributed by atoms with van der Waals surface area (Å²) in [5, 5.41) is 12.5. The fraction of sp³-hybridized carbons (Fsp3) is 0.857. The summed E-state index contributed by atoms with van der Waals surface area (Å²) in [5.41, 5.74) is 0. The Labute approximate surface area is 85.2 Å². The minimum absolute atomic E-state index is 0.546. The number of rotatable bonds is 2. The van der Waals surface area contributed by atoms with E-state index in [4.69, 9.17) is 0 Å². The predicted molar refractivity (Wildman–Crippen MR) is 53.0 cm³/mol. The Kier molecular flexibility index (Phi) is 2.48. The zero-order valence-electron chi connectivity index (χ0n) is 7.52. The van der Waals surface area contributed by atoms with Gasteiger partial charge in [0.05, 0.1) is 0 Å². The zero-order chi connectivity index (χ0) is 9.26. The maximum atomic E-state index is 4.00. The molecular formula is C7H12BrN5. The van der Waals surface area contributed by atoms with Crippen LogP contribution >= 0.6 is 15.9 Å². The third-order valence-electron chi connectivity index (χ3n) is 2.41. The maximum Gasteiger partial charge on any atom is 0.245 e. The standard InChI is InChI=1S/C7H12BrN5/c1-12-7(9-10-11-12)13-4-2-3-6(13)5-8/h6H,2-5H2,1H3. The first-order chi connectivity index (χ1) is 6.33. The second kappa shape index (κ2) is 3.61. The number of halogens is 1. The molecule has 0 bridgehead atoms. The first kappa shape index (κ1) is 8.93. The Hall–Kier alpha value is -0.650. The molecule has 2 rings (SSSR count). The lowest BCUT2D eigenvalue weighted by molar-refractivity contribution is 0.670. The molecule has 0 saturated carbocycles. The Morgan fingerprint density at radius 3 is 3.08 bits per heavy atom. The van der Waals surface area contributed by atoms with Crippen molar-refractivity contribution in [2.24, 2.45) is 7.05 Å². The molecule has 5 nitrogen and oxygen atoms in total. The van der Waals surface area contributed by atoms with Crippen molar-refractivity contribution < 1.29 is 0 Å². The number of anilines is 1. The minimum atomic E-state index is 0.546. The summed E-state index contributed by atoms with van der Waals surface area (Å²) in [4.78, 5) is 2.26. The van der Waals surface area contributed by atoms with Crippen LogP contribution in [0.1, 0.15) is 12.8 Å². The summed E-state index contributed by atoms with van der Waals surface area (Å²) in [7, 11) is 1.87. The van der Waals surface area contributed by atoms with Crippen molar-refractivity contribution in [3.05, 3.63) is 0 Å². The van der Waals surface area contributed by atoms with E-state index >= 15 is 0 Å². The number of alkyl halides is 1. The topological polar surface area (TPSA) is 46.8 Å². The zero-order valence-corrected chi connectivity index (χ0v) is 9.11. The van der Waals surface area contributed by atoms with Crippen LogP contribution in [0.15, 0.2) is 0 Å².